The Morgan fingerprint density at radius 1 is 1.12 bits per heavy atom. The van der Waals surface area contributed by atoms with E-state index in [0.717, 1.165) is 6.42 Å². The molecule has 0 saturated carbocycles. The molecule has 0 spiro atoms. The fourth-order valence-electron chi connectivity index (χ4n) is 2.14. The second-order valence-electron chi connectivity index (χ2n) is 5.15. The minimum Gasteiger partial charge on any atom is -0.481 e. The first kappa shape index (κ1) is 16.4. The van der Waals surface area contributed by atoms with Gasteiger partial charge in [0, 0.05) is 0 Å². The van der Waals surface area contributed by atoms with E-state index in [-0.39, 0.29) is 6.42 Å². The van der Waals surface area contributed by atoms with Crippen molar-refractivity contribution in [2.24, 2.45) is 5.92 Å². The topological polar surface area (TPSA) is 57.5 Å². The molecule has 0 heterocycles. The minimum atomic E-state index is -0.913. The van der Waals surface area contributed by atoms with Gasteiger partial charge in [-0.2, -0.15) is 0 Å². The van der Waals surface area contributed by atoms with Crippen molar-refractivity contribution < 1.29 is 15.0 Å². The molecular weight excluding hydrogens is 216 g/mol. The quantitative estimate of drug-likeness (QED) is 0.546. The van der Waals surface area contributed by atoms with Gasteiger partial charge in [-0.15, -0.1) is 0 Å². The smallest absolute Gasteiger partial charge is 0.305 e. The van der Waals surface area contributed by atoms with Gasteiger partial charge in [0.05, 0.1) is 12.5 Å². The lowest BCUT2D eigenvalue weighted by atomic mass is 9.95. The fraction of sp³-hybridized carbons (Fsp3) is 0.929. The van der Waals surface area contributed by atoms with Gasteiger partial charge in [0.2, 0.25) is 0 Å². The molecule has 2 unspecified atom stereocenters. The van der Waals surface area contributed by atoms with E-state index in [1.54, 1.807) is 0 Å². The van der Waals surface area contributed by atoms with Crippen LogP contribution in [-0.4, -0.2) is 22.3 Å². The van der Waals surface area contributed by atoms with E-state index < -0.39 is 12.1 Å². The normalized spacial score (nSPS) is 14.5. The lowest BCUT2D eigenvalue weighted by Crippen LogP contribution is -2.16. The SMILES string of the molecule is CCCCCCCCC(C)CC(O)CC(=O)O. The Morgan fingerprint density at radius 3 is 2.29 bits per heavy atom. The van der Waals surface area contributed by atoms with Gasteiger partial charge in [-0.3, -0.25) is 4.79 Å². The van der Waals surface area contributed by atoms with Gasteiger partial charge in [-0.25, -0.2) is 0 Å². The molecule has 0 rings (SSSR count). The predicted molar refractivity (Wildman–Crippen MR) is 70.0 cm³/mol. The second kappa shape index (κ2) is 10.6. The largest absolute Gasteiger partial charge is 0.481 e. The Kier molecular flexibility index (Phi) is 10.2. The molecule has 2 N–H and O–H groups in total. The van der Waals surface area contributed by atoms with Gasteiger partial charge < -0.3 is 10.2 Å². The summed E-state index contributed by atoms with van der Waals surface area (Å²) < 4.78 is 0. The van der Waals surface area contributed by atoms with E-state index in [4.69, 9.17) is 5.11 Å². The predicted octanol–water partition coefficient (Wildman–Crippen LogP) is 3.60. The molecule has 0 saturated heterocycles. The van der Waals surface area contributed by atoms with E-state index in [9.17, 15) is 9.90 Å². The van der Waals surface area contributed by atoms with Crippen LogP contribution in [0.15, 0.2) is 0 Å². The van der Waals surface area contributed by atoms with Crippen LogP contribution in [0.5, 0.6) is 0 Å². The Bertz CT molecular complexity index is 192. The van der Waals surface area contributed by atoms with Gasteiger partial charge in [0.1, 0.15) is 0 Å². The van der Waals surface area contributed by atoms with Crippen molar-refractivity contribution in [3.05, 3.63) is 0 Å². The summed E-state index contributed by atoms with van der Waals surface area (Å²) in [5, 5.41) is 18.0. The number of carboxylic acid groups (broad SMARTS) is 1. The third-order valence-electron chi connectivity index (χ3n) is 3.14. The molecule has 3 heteroatoms. The van der Waals surface area contributed by atoms with Crippen LogP contribution in [0, 0.1) is 5.92 Å². The summed E-state index contributed by atoms with van der Waals surface area (Å²) in [6, 6.07) is 0. The molecule has 0 aliphatic rings. The van der Waals surface area contributed by atoms with Crippen molar-refractivity contribution in [3.63, 3.8) is 0 Å². The fourth-order valence-corrected chi connectivity index (χ4v) is 2.14. The summed E-state index contributed by atoms with van der Waals surface area (Å²) in [7, 11) is 0. The average Bonchev–Trinajstić information content (AvgIpc) is 2.21. The maximum Gasteiger partial charge on any atom is 0.305 e. The summed E-state index contributed by atoms with van der Waals surface area (Å²) in [5.41, 5.74) is 0. The first-order valence-corrected chi connectivity index (χ1v) is 6.96. The van der Waals surface area contributed by atoms with Gasteiger partial charge in [0.15, 0.2) is 0 Å². The molecule has 102 valence electrons. The highest BCUT2D eigenvalue weighted by Crippen LogP contribution is 2.17. The summed E-state index contributed by atoms with van der Waals surface area (Å²) >= 11 is 0. The third-order valence-corrected chi connectivity index (χ3v) is 3.14. The Morgan fingerprint density at radius 2 is 1.71 bits per heavy atom. The maximum absolute atomic E-state index is 10.4. The Hall–Kier alpha value is -0.570. The zero-order chi connectivity index (χ0) is 13.1. The van der Waals surface area contributed by atoms with Crippen LogP contribution < -0.4 is 0 Å². The molecule has 0 aromatic rings. The van der Waals surface area contributed by atoms with E-state index in [1.165, 1.54) is 38.5 Å². The summed E-state index contributed by atoms with van der Waals surface area (Å²) in [6.45, 7) is 4.31. The van der Waals surface area contributed by atoms with E-state index in [1.807, 2.05) is 0 Å². The van der Waals surface area contributed by atoms with Crippen LogP contribution in [-0.2, 0) is 4.79 Å². The summed E-state index contributed by atoms with van der Waals surface area (Å²) in [6.07, 6.45) is 8.60. The highest BCUT2D eigenvalue weighted by Gasteiger charge is 2.13. The highest BCUT2D eigenvalue weighted by molar-refractivity contribution is 5.67. The molecule has 0 amide bonds. The van der Waals surface area contributed by atoms with E-state index in [2.05, 4.69) is 13.8 Å². The molecular formula is C14H28O3. The van der Waals surface area contributed by atoms with Crippen molar-refractivity contribution in [3.8, 4) is 0 Å². The van der Waals surface area contributed by atoms with Gasteiger partial charge >= 0.3 is 5.97 Å². The van der Waals surface area contributed by atoms with Crippen LogP contribution in [0.2, 0.25) is 0 Å². The molecule has 3 nitrogen and oxygen atoms in total. The van der Waals surface area contributed by atoms with E-state index >= 15 is 0 Å². The van der Waals surface area contributed by atoms with Crippen LogP contribution in [0.25, 0.3) is 0 Å². The van der Waals surface area contributed by atoms with Crippen molar-refractivity contribution >= 4 is 5.97 Å². The molecule has 0 bridgehead atoms. The van der Waals surface area contributed by atoms with Crippen molar-refractivity contribution in [1.82, 2.24) is 0 Å². The standard InChI is InChI=1S/C14H28O3/c1-3-4-5-6-7-8-9-12(2)10-13(15)11-14(16)17/h12-13,15H,3-11H2,1-2H3,(H,16,17). The second-order valence-corrected chi connectivity index (χ2v) is 5.15. The number of aliphatic hydroxyl groups excluding tert-OH is 1. The van der Waals surface area contributed by atoms with E-state index in [0.29, 0.717) is 12.3 Å². The van der Waals surface area contributed by atoms with Crippen LogP contribution in [0.1, 0.15) is 71.6 Å². The van der Waals surface area contributed by atoms with Crippen LogP contribution >= 0.6 is 0 Å². The van der Waals surface area contributed by atoms with Crippen LogP contribution in [0.3, 0.4) is 0 Å². The highest BCUT2D eigenvalue weighted by atomic mass is 16.4. The van der Waals surface area contributed by atoms with Gasteiger partial charge in [-0.05, 0) is 12.3 Å². The number of carbonyl (C=O) groups is 1. The lowest BCUT2D eigenvalue weighted by molar-refractivity contribution is -0.139. The Balaban J connectivity index is 3.39. The molecule has 0 aliphatic carbocycles. The number of rotatable bonds is 11. The van der Waals surface area contributed by atoms with Crippen molar-refractivity contribution in [1.29, 1.82) is 0 Å². The molecule has 2 atom stereocenters. The molecule has 0 fully saturated rings. The molecule has 0 aromatic carbocycles. The van der Waals surface area contributed by atoms with Gasteiger partial charge in [-0.1, -0.05) is 58.8 Å². The lowest BCUT2D eigenvalue weighted by Gasteiger charge is -2.14. The molecule has 0 aliphatic heterocycles. The minimum absolute atomic E-state index is 0.124. The zero-order valence-corrected chi connectivity index (χ0v) is 11.3. The zero-order valence-electron chi connectivity index (χ0n) is 11.3. The molecule has 0 radical (unpaired) electrons. The average molecular weight is 244 g/mol. The number of aliphatic carboxylic acids is 1. The van der Waals surface area contributed by atoms with Crippen molar-refractivity contribution in [2.75, 3.05) is 0 Å². The third kappa shape index (κ3) is 11.7. The number of hydrogen-bond donors (Lipinski definition) is 2. The number of hydrogen-bond acceptors (Lipinski definition) is 2. The Labute approximate surface area is 105 Å². The molecule has 17 heavy (non-hydrogen) atoms. The van der Waals surface area contributed by atoms with Crippen molar-refractivity contribution in [2.45, 2.75) is 77.7 Å². The summed E-state index contributed by atoms with van der Waals surface area (Å²) in [4.78, 5) is 10.4. The number of carboxylic acids is 1. The van der Waals surface area contributed by atoms with Gasteiger partial charge in [0.25, 0.3) is 0 Å². The van der Waals surface area contributed by atoms with Crippen LogP contribution in [0.4, 0.5) is 0 Å². The maximum atomic E-state index is 10.4. The number of aliphatic hydroxyl groups is 1. The molecule has 0 aromatic heterocycles. The monoisotopic (exact) mass is 244 g/mol. The number of unbranched alkanes of at least 4 members (excludes halogenated alkanes) is 5. The first-order valence-electron chi connectivity index (χ1n) is 6.96. The first-order chi connectivity index (χ1) is 8.06. The summed E-state index contributed by atoms with van der Waals surface area (Å²) in [5.74, 6) is -0.486.